The van der Waals surface area contributed by atoms with Gasteiger partial charge in [-0.05, 0) is 90.9 Å². The van der Waals surface area contributed by atoms with E-state index in [0.29, 0.717) is 39.4 Å². The highest BCUT2D eigenvalue weighted by Gasteiger charge is 2.18. The van der Waals surface area contributed by atoms with Crippen molar-refractivity contribution in [2.45, 2.75) is 31.4 Å². The first-order chi connectivity index (χ1) is 19.1. The van der Waals surface area contributed by atoms with Gasteiger partial charge in [-0.2, -0.15) is 32.2 Å². The molecule has 0 aliphatic rings. The molecule has 0 aromatic heterocycles. The minimum atomic E-state index is -4.74. The van der Waals surface area contributed by atoms with E-state index < -0.39 is 30.9 Å². The van der Waals surface area contributed by atoms with Crippen LogP contribution in [0.4, 0.5) is 28.4 Å². The Morgan fingerprint density at radius 2 is 1.37 bits per heavy atom. The highest BCUT2D eigenvalue weighted by atomic mass is 32.2. The van der Waals surface area contributed by atoms with Crippen LogP contribution in [0, 0.1) is 20.8 Å². The number of hydrogen-bond acceptors (Lipinski definition) is 10. The number of aryl methyl sites for hydroxylation is 3. The number of anilines is 1. The van der Waals surface area contributed by atoms with Gasteiger partial charge < -0.3 is 10.5 Å². The van der Waals surface area contributed by atoms with Crippen LogP contribution in [0.3, 0.4) is 0 Å². The van der Waals surface area contributed by atoms with Gasteiger partial charge >= 0.3 is 0 Å². The lowest BCUT2D eigenvalue weighted by molar-refractivity contribution is 0.416. The van der Waals surface area contributed by atoms with Crippen molar-refractivity contribution in [3.05, 3.63) is 76.9 Å². The summed E-state index contributed by atoms with van der Waals surface area (Å²) in [6.45, 7) is 5.58. The van der Waals surface area contributed by atoms with E-state index in [0.717, 1.165) is 17.2 Å². The van der Waals surface area contributed by atoms with E-state index in [9.17, 15) is 21.4 Å². The molecule has 214 valence electrons. The van der Waals surface area contributed by atoms with Crippen molar-refractivity contribution in [3.63, 3.8) is 0 Å². The Bertz CT molecular complexity index is 1960. The van der Waals surface area contributed by atoms with Crippen molar-refractivity contribution in [2.75, 3.05) is 12.8 Å². The van der Waals surface area contributed by atoms with E-state index >= 15 is 0 Å². The summed E-state index contributed by atoms with van der Waals surface area (Å²) in [6.07, 6.45) is 0. The van der Waals surface area contributed by atoms with Crippen LogP contribution < -0.4 is 10.5 Å². The molecule has 4 aromatic rings. The van der Waals surface area contributed by atoms with Crippen molar-refractivity contribution in [3.8, 4) is 5.75 Å². The van der Waals surface area contributed by atoms with Crippen molar-refractivity contribution in [2.24, 2.45) is 20.5 Å². The third kappa shape index (κ3) is 7.10. The molecule has 4 rings (SSSR count). The lowest BCUT2D eigenvalue weighted by Crippen LogP contribution is -2.05. The molecule has 4 N–H and O–H groups in total. The zero-order valence-corrected chi connectivity index (χ0v) is 24.2. The summed E-state index contributed by atoms with van der Waals surface area (Å²) in [7, 11) is -7.68. The Kier molecular flexibility index (Phi) is 8.22. The second-order valence-electron chi connectivity index (χ2n) is 9.41. The van der Waals surface area contributed by atoms with Gasteiger partial charge in [0.15, 0.2) is 0 Å². The summed E-state index contributed by atoms with van der Waals surface area (Å²) in [5.41, 5.74) is 11.0. The second kappa shape index (κ2) is 11.3. The van der Waals surface area contributed by atoms with Crippen LogP contribution in [0.1, 0.15) is 22.3 Å². The monoisotopic (exact) mass is 597 g/mol. The van der Waals surface area contributed by atoms with Gasteiger partial charge in [0.1, 0.15) is 22.1 Å². The fourth-order valence-corrected chi connectivity index (χ4v) is 5.45. The molecule has 12 nitrogen and oxygen atoms in total. The molecule has 0 amide bonds. The number of nitrogens with zero attached hydrogens (tertiary/aromatic N) is 4. The zero-order valence-electron chi connectivity index (χ0n) is 22.5. The molecular formula is C27H27N5O7S2. The van der Waals surface area contributed by atoms with Crippen molar-refractivity contribution in [1.29, 1.82) is 0 Å². The van der Waals surface area contributed by atoms with Crippen molar-refractivity contribution < 1.29 is 30.7 Å². The smallest absolute Gasteiger partial charge is 0.295 e. The number of hydrogen-bond donors (Lipinski definition) is 3. The highest BCUT2D eigenvalue weighted by molar-refractivity contribution is 7.86. The normalized spacial score (nSPS) is 12.5. The Labute approximate surface area is 237 Å². The Morgan fingerprint density at radius 1 is 0.756 bits per heavy atom. The van der Waals surface area contributed by atoms with E-state index in [1.807, 2.05) is 26.0 Å². The number of azo groups is 2. The van der Waals surface area contributed by atoms with Gasteiger partial charge in [-0.1, -0.05) is 6.07 Å². The van der Waals surface area contributed by atoms with Crippen LogP contribution in [0.15, 0.2) is 79.9 Å². The molecule has 4 aromatic carbocycles. The minimum absolute atomic E-state index is 0.0105. The number of fused-ring (bicyclic) bond motifs is 1. The maximum Gasteiger partial charge on any atom is 0.295 e. The minimum Gasteiger partial charge on any atom is -0.494 e. The van der Waals surface area contributed by atoms with Crippen LogP contribution >= 0.6 is 0 Å². The third-order valence-electron chi connectivity index (χ3n) is 6.21. The summed E-state index contributed by atoms with van der Waals surface area (Å²) in [5, 5.41) is 17.6. The molecule has 0 bridgehead atoms. The van der Waals surface area contributed by atoms with Crippen LogP contribution in [0.2, 0.25) is 0 Å². The molecule has 0 atom stereocenters. The van der Waals surface area contributed by atoms with E-state index in [1.54, 1.807) is 25.1 Å². The Hall–Kier alpha value is -4.24. The average molecular weight is 598 g/mol. The van der Waals surface area contributed by atoms with Gasteiger partial charge in [0, 0.05) is 17.1 Å². The lowest BCUT2D eigenvalue weighted by Gasteiger charge is -2.09. The summed E-state index contributed by atoms with van der Waals surface area (Å²) < 4.78 is 71.1. The molecule has 14 heteroatoms. The molecule has 0 unspecified atom stereocenters. The van der Waals surface area contributed by atoms with Gasteiger partial charge in [0.2, 0.25) is 0 Å². The second-order valence-corrected chi connectivity index (χ2v) is 12.2. The van der Waals surface area contributed by atoms with Crippen LogP contribution in [0.25, 0.3) is 10.8 Å². The summed E-state index contributed by atoms with van der Waals surface area (Å²) in [6, 6.07) is 13.9. The summed E-state index contributed by atoms with van der Waals surface area (Å²) >= 11 is 0. The molecule has 0 radical (unpaired) electrons. The number of methoxy groups -OCH3 is 1. The first kappa shape index (κ1) is 29.7. The number of nitrogen functional groups attached to an aromatic ring is 1. The first-order valence-electron chi connectivity index (χ1n) is 12.0. The fraction of sp³-hybridized carbons (Fsp3) is 0.185. The number of benzene rings is 4. The summed E-state index contributed by atoms with van der Waals surface area (Å²) in [5.74, 6) is -0.417. The molecular weight excluding hydrogens is 570 g/mol. The maximum absolute atomic E-state index is 12.0. The average Bonchev–Trinajstić information content (AvgIpc) is 2.87. The van der Waals surface area contributed by atoms with Crippen LogP contribution in [-0.4, -0.2) is 33.1 Å². The topological polar surface area (TPSA) is 193 Å². The Morgan fingerprint density at radius 3 is 2.02 bits per heavy atom. The van der Waals surface area contributed by atoms with Crippen molar-refractivity contribution in [1.82, 2.24) is 0 Å². The van der Waals surface area contributed by atoms with Crippen LogP contribution in [0.5, 0.6) is 5.75 Å². The van der Waals surface area contributed by atoms with Gasteiger partial charge in [0.25, 0.3) is 20.2 Å². The zero-order chi connectivity index (χ0) is 30.1. The molecule has 0 heterocycles. The molecule has 0 aliphatic heterocycles. The quantitative estimate of drug-likeness (QED) is 0.112. The molecule has 0 aliphatic carbocycles. The Balaban J connectivity index is 1.69. The predicted molar refractivity (Wildman–Crippen MR) is 155 cm³/mol. The van der Waals surface area contributed by atoms with Crippen LogP contribution in [-0.2, 0) is 26.0 Å². The number of ether oxygens (including phenoxy) is 1. The SMILES string of the molecule is COc1cc(N=Nc2ccc3cc(CS(=O)(=O)O)cc(S(=O)(=O)O)c3c2)c(C)cc1N=Nc1cc(C)c(N)cc1C. The summed E-state index contributed by atoms with van der Waals surface area (Å²) in [4.78, 5) is -0.523. The maximum atomic E-state index is 12.0. The fourth-order valence-electron chi connectivity index (χ4n) is 4.10. The lowest BCUT2D eigenvalue weighted by atomic mass is 10.1. The molecule has 0 saturated heterocycles. The van der Waals surface area contributed by atoms with Gasteiger partial charge in [-0.25, -0.2) is 0 Å². The third-order valence-corrected chi connectivity index (χ3v) is 7.80. The van der Waals surface area contributed by atoms with E-state index in [-0.39, 0.29) is 16.6 Å². The van der Waals surface area contributed by atoms with Gasteiger partial charge in [0.05, 0.1) is 24.2 Å². The van der Waals surface area contributed by atoms with Gasteiger partial charge in [-0.3, -0.25) is 9.11 Å². The standard InChI is InChI=1S/C27H27N5O7S2/c1-15-8-23(16(2)7-22(15)28)31-32-25-9-17(3)24(13-26(25)39-4)30-29-20-6-5-19-10-18(14-40(33,34)35)11-27(21(19)12-20)41(36,37)38/h5-13H,14,28H2,1-4H3,(H,33,34,35)(H,36,37,38). The molecule has 0 fully saturated rings. The highest BCUT2D eigenvalue weighted by Crippen LogP contribution is 2.37. The molecule has 0 saturated carbocycles. The van der Waals surface area contributed by atoms with Gasteiger partial charge in [-0.15, -0.1) is 5.11 Å². The van der Waals surface area contributed by atoms with E-state index in [1.165, 1.54) is 25.3 Å². The largest absolute Gasteiger partial charge is 0.494 e. The predicted octanol–water partition coefficient (Wildman–Crippen LogP) is 6.82. The first-order valence-corrected chi connectivity index (χ1v) is 15.1. The van der Waals surface area contributed by atoms with E-state index in [2.05, 4.69) is 20.5 Å². The molecule has 41 heavy (non-hydrogen) atoms. The number of nitrogens with two attached hydrogens (primary N) is 1. The molecule has 0 spiro atoms. The number of rotatable bonds is 8. The van der Waals surface area contributed by atoms with Crippen molar-refractivity contribution >= 4 is 59.4 Å². The van der Waals surface area contributed by atoms with E-state index in [4.69, 9.17) is 15.0 Å².